The van der Waals surface area contributed by atoms with Crippen molar-refractivity contribution < 1.29 is 27.4 Å². The molecule has 2 aromatic rings. The van der Waals surface area contributed by atoms with E-state index in [4.69, 9.17) is 49.0 Å². The SMILES string of the molecule is CCS(=O)(=O)C[C@@H](C)COc1ccc(C(C)(C)c2cc(Cl)c(OC[C@@H](CCl)OC(C)=O)c(Cl)c2)cc1. The van der Waals surface area contributed by atoms with Crippen molar-refractivity contribution in [3.05, 3.63) is 57.6 Å². The predicted molar refractivity (Wildman–Crippen MR) is 146 cm³/mol. The van der Waals surface area contributed by atoms with E-state index in [9.17, 15) is 13.2 Å². The quantitative estimate of drug-likeness (QED) is 0.204. The number of rotatable bonds is 13. The molecule has 10 heteroatoms. The fourth-order valence-corrected chi connectivity index (χ4v) is 5.50. The molecule has 2 atom stereocenters. The number of sulfone groups is 1. The Kier molecular flexibility index (Phi) is 11.2. The first-order chi connectivity index (χ1) is 16.8. The zero-order chi connectivity index (χ0) is 27.1. The molecule has 0 fully saturated rings. The second kappa shape index (κ2) is 13.2. The van der Waals surface area contributed by atoms with Gasteiger partial charge in [-0.2, -0.15) is 0 Å². The number of halogens is 3. The van der Waals surface area contributed by atoms with E-state index in [2.05, 4.69) is 0 Å². The highest BCUT2D eigenvalue weighted by atomic mass is 35.5. The standard InChI is InChI=1S/C26H33Cl3O6S/c1-6-36(31,32)16-17(2)14-33-21-9-7-19(8-10-21)26(4,5)20-11-23(28)25(24(29)12-20)34-15-22(13-27)35-18(3)30/h7-12,17,22H,6,13-16H2,1-5H3/t17-,22+/m0/s1. The summed E-state index contributed by atoms with van der Waals surface area (Å²) in [5.74, 6) is 0.714. The van der Waals surface area contributed by atoms with E-state index in [1.807, 2.05) is 45.0 Å². The second-order valence-corrected chi connectivity index (χ2v) is 12.8. The summed E-state index contributed by atoms with van der Waals surface area (Å²) < 4.78 is 40.2. The summed E-state index contributed by atoms with van der Waals surface area (Å²) in [4.78, 5) is 11.2. The van der Waals surface area contributed by atoms with Gasteiger partial charge in [-0.15, -0.1) is 11.6 Å². The summed E-state index contributed by atoms with van der Waals surface area (Å²) in [6, 6.07) is 11.2. The molecule has 0 amide bonds. The van der Waals surface area contributed by atoms with Crippen LogP contribution in [0.4, 0.5) is 0 Å². The Labute approximate surface area is 229 Å². The van der Waals surface area contributed by atoms with Gasteiger partial charge in [0, 0.05) is 24.0 Å². The van der Waals surface area contributed by atoms with Gasteiger partial charge >= 0.3 is 5.97 Å². The maximum absolute atomic E-state index is 11.8. The molecule has 0 N–H and O–H groups in total. The van der Waals surface area contributed by atoms with Gasteiger partial charge in [-0.25, -0.2) is 8.42 Å². The van der Waals surface area contributed by atoms with E-state index in [-0.39, 0.29) is 29.9 Å². The topological polar surface area (TPSA) is 78.9 Å². The molecule has 0 heterocycles. The average molecular weight is 580 g/mol. The molecule has 0 unspecified atom stereocenters. The van der Waals surface area contributed by atoms with Crippen molar-refractivity contribution in [1.29, 1.82) is 0 Å². The van der Waals surface area contributed by atoms with Gasteiger partial charge in [0.05, 0.1) is 28.3 Å². The van der Waals surface area contributed by atoms with Crippen molar-refractivity contribution in [1.82, 2.24) is 0 Å². The molecular weight excluding hydrogens is 547 g/mol. The largest absolute Gasteiger partial charge is 0.493 e. The summed E-state index contributed by atoms with van der Waals surface area (Å²) in [5, 5.41) is 0.662. The minimum atomic E-state index is -3.04. The molecule has 0 saturated carbocycles. The van der Waals surface area contributed by atoms with Crippen LogP contribution < -0.4 is 9.47 Å². The number of ether oxygens (including phenoxy) is 3. The average Bonchev–Trinajstić information content (AvgIpc) is 2.81. The minimum absolute atomic E-state index is 0.0235. The molecule has 2 rings (SSSR count). The zero-order valence-corrected chi connectivity index (χ0v) is 24.2. The second-order valence-electron chi connectivity index (χ2n) is 9.23. The lowest BCUT2D eigenvalue weighted by atomic mass is 9.78. The monoisotopic (exact) mass is 578 g/mol. The van der Waals surface area contributed by atoms with Crippen LogP contribution in [-0.2, 0) is 24.8 Å². The van der Waals surface area contributed by atoms with Crippen LogP contribution >= 0.6 is 34.8 Å². The molecule has 6 nitrogen and oxygen atoms in total. The summed E-state index contributed by atoms with van der Waals surface area (Å²) in [7, 11) is -3.04. The molecule has 200 valence electrons. The molecular formula is C26H33Cl3O6S. The molecule has 0 radical (unpaired) electrons. The predicted octanol–water partition coefficient (Wildman–Crippen LogP) is 6.32. The molecule has 0 aliphatic carbocycles. The third kappa shape index (κ3) is 8.72. The van der Waals surface area contributed by atoms with Crippen LogP contribution in [0.1, 0.15) is 45.7 Å². The number of alkyl halides is 1. The number of benzene rings is 2. The molecule has 36 heavy (non-hydrogen) atoms. The van der Waals surface area contributed by atoms with E-state index < -0.39 is 27.3 Å². The van der Waals surface area contributed by atoms with Crippen LogP contribution in [-0.4, -0.2) is 51.1 Å². The Hall–Kier alpha value is -1.67. The Morgan fingerprint density at radius 1 is 1.00 bits per heavy atom. The Bertz CT molecular complexity index is 1110. The lowest BCUT2D eigenvalue weighted by Gasteiger charge is -2.27. The van der Waals surface area contributed by atoms with Gasteiger partial charge in [-0.1, -0.05) is 63.0 Å². The minimum Gasteiger partial charge on any atom is -0.493 e. The van der Waals surface area contributed by atoms with Crippen molar-refractivity contribution in [3.63, 3.8) is 0 Å². The van der Waals surface area contributed by atoms with Crippen LogP contribution in [0, 0.1) is 5.92 Å². The molecule has 0 aliphatic heterocycles. The van der Waals surface area contributed by atoms with Gasteiger partial charge in [-0.05, 0) is 35.4 Å². The highest BCUT2D eigenvalue weighted by Crippen LogP contribution is 2.40. The lowest BCUT2D eigenvalue weighted by molar-refractivity contribution is -0.146. The van der Waals surface area contributed by atoms with Crippen molar-refractivity contribution in [2.24, 2.45) is 5.92 Å². The molecule has 2 aromatic carbocycles. The van der Waals surface area contributed by atoms with E-state index in [1.165, 1.54) is 6.92 Å². The van der Waals surface area contributed by atoms with Gasteiger partial charge < -0.3 is 14.2 Å². The van der Waals surface area contributed by atoms with Gasteiger partial charge in [0.15, 0.2) is 5.75 Å². The summed E-state index contributed by atoms with van der Waals surface area (Å²) >= 11 is 18.8. The van der Waals surface area contributed by atoms with Crippen LogP contribution in [0.5, 0.6) is 11.5 Å². The Morgan fingerprint density at radius 2 is 1.58 bits per heavy atom. The first-order valence-electron chi connectivity index (χ1n) is 11.6. The van der Waals surface area contributed by atoms with Crippen LogP contribution in [0.2, 0.25) is 10.0 Å². The molecule has 0 saturated heterocycles. The number of esters is 1. The van der Waals surface area contributed by atoms with E-state index >= 15 is 0 Å². The van der Waals surface area contributed by atoms with Crippen LogP contribution in [0.3, 0.4) is 0 Å². The molecule has 0 bridgehead atoms. The van der Waals surface area contributed by atoms with Crippen molar-refractivity contribution in [3.8, 4) is 11.5 Å². The van der Waals surface area contributed by atoms with Gasteiger partial charge in [-0.3, -0.25) is 4.79 Å². The van der Waals surface area contributed by atoms with Crippen LogP contribution in [0.25, 0.3) is 0 Å². The van der Waals surface area contributed by atoms with Gasteiger partial charge in [0.25, 0.3) is 0 Å². The van der Waals surface area contributed by atoms with Crippen LogP contribution in [0.15, 0.2) is 36.4 Å². The third-order valence-electron chi connectivity index (χ3n) is 5.73. The normalized spacial score (nSPS) is 13.7. The van der Waals surface area contributed by atoms with E-state index in [0.717, 1.165) is 11.1 Å². The first kappa shape index (κ1) is 30.6. The lowest BCUT2D eigenvalue weighted by Crippen LogP contribution is -2.26. The van der Waals surface area contributed by atoms with Gasteiger partial charge in [0.1, 0.15) is 28.3 Å². The Morgan fingerprint density at radius 3 is 2.08 bits per heavy atom. The summed E-state index contributed by atoms with van der Waals surface area (Å²) in [5.41, 5.74) is 1.45. The highest BCUT2D eigenvalue weighted by molar-refractivity contribution is 7.91. The highest BCUT2D eigenvalue weighted by Gasteiger charge is 2.26. The number of carbonyl (C=O) groups is 1. The van der Waals surface area contributed by atoms with Gasteiger partial charge in [0.2, 0.25) is 0 Å². The van der Waals surface area contributed by atoms with E-state index in [0.29, 0.717) is 28.2 Å². The number of hydrogen-bond donors (Lipinski definition) is 0. The third-order valence-corrected chi connectivity index (χ3v) is 8.59. The van der Waals surface area contributed by atoms with E-state index in [1.54, 1.807) is 19.1 Å². The molecule has 0 aromatic heterocycles. The Balaban J connectivity index is 2.11. The number of carbonyl (C=O) groups excluding carboxylic acids is 1. The smallest absolute Gasteiger partial charge is 0.303 e. The molecule has 0 spiro atoms. The number of hydrogen-bond acceptors (Lipinski definition) is 6. The summed E-state index contributed by atoms with van der Waals surface area (Å²) in [6.45, 7) is 9.24. The fourth-order valence-electron chi connectivity index (χ4n) is 3.55. The summed E-state index contributed by atoms with van der Waals surface area (Å²) in [6.07, 6.45) is -0.618. The maximum Gasteiger partial charge on any atom is 0.303 e. The fraction of sp³-hybridized carbons (Fsp3) is 0.500. The maximum atomic E-state index is 11.8. The van der Waals surface area contributed by atoms with Crippen molar-refractivity contribution in [2.75, 3.05) is 30.6 Å². The van der Waals surface area contributed by atoms with Crippen molar-refractivity contribution >= 4 is 50.6 Å². The molecule has 0 aliphatic rings. The first-order valence-corrected chi connectivity index (χ1v) is 14.7. The zero-order valence-electron chi connectivity index (χ0n) is 21.1. The van der Waals surface area contributed by atoms with Crippen molar-refractivity contribution in [2.45, 2.75) is 46.1 Å².